The zero-order valence-corrected chi connectivity index (χ0v) is 13.7. The summed E-state index contributed by atoms with van der Waals surface area (Å²) in [7, 11) is 1.56. The summed E-state index contributed by atoms with van der Waals surface area (Å²) in [6, 6.07) is 5.28. The highest BCUT2D eigenvalue weighted by atomic mass is 35.5. The molecule has 0 spiro atoms. The SMILES string of the molecule is COc1cc(CC(N)CNC(=O)OC(C)(C)C)ccc1Cl. The molecule has 0 fully saturated rings. The minimum absolute atomic E-state index is 0.219. The zero-order chi connectivity index (χ0) is 16.0. The molecule has 6 heteroatoms. The third kappa shape index (κ3) is 6.69. The average molecular weight is 315 g/mol. The molecule has 0 aliphatic rings. The third-order valence-corrected chi connectivity index (χ3v) is 2.93. The van der Waals surface area contributed by atoms with E-state index < -0.39 is 11.7 Å². The first-order chi connectivity index (χ1) is 9.71. The molecule has 0 saturated carbocycles. The smallest absolute Gasteiger partial charge is 0.407 e. The molecule has 0 aromatic heterocycles. The number of halogens is 1. The first-order valence-corrected chi connectivity index (χ1v) is 7.14. The Balaban J connectivity index is 2.47. The largest absolute Gasteiger partial charge is 0.495 e. The average Bonchev–Trinajstić information content (AvgIpc) is 2.36. The molecule has 0 aliphatic carbocycles. The van der Waals surface area contributed by atoms with E-state index in [0.29, 0.717) is 23.7 Å². The number of methoxy groups -OCH3 is 1. The number of alkyl carbamates (subject to hydrolysis) is 1. The number of ether oxygens (including phenoxy) is 2. The number of benzene rings is 1. The van der Waals surface area contributed by atoms with Crippen LogP contribution in [0.1, 0.15) is 26.3 Å². The minimum atomic E-state index is -0.516. The van der Waals surface area contributed by atoms with Crippen LogP contribution in [0, 0.1) is 0 Å². The summed E-state index contributed by atoms with van der Waals surface area (Å²) in [4.78, 5) is 11.5. The van der Waals surface area contributed by atoms with Crippen molar-refractivity contribution >= 4 is 17.7 Å². The summed E-state index contributed by atoms with van der Waals surface area (Å²) >= 11 is 5.97. The Labute approximate surface area is 130 Å². The topological polar surface area (TPSA) is 73.6 Å². The number of amides is 1. The third-order valence-electron chi connectivity index (χ3n) is 2.62. The summed E-state index contributed by atoms with van der Waals surface area (Å²) in [5, 5.41) is 3.21. The van der Waals surface area contributed by atoms with Gasteiger partial charge < -0.3 is 20.5 Å². The van der Waals surface area contributed by atoms with E-state index in [1.807, 2.05) is 32.9 Å². The molecule has 1 unspecified atom stereocenters. The van der Waals surface area contributed by atoms with Gasteiger partial charge in [-0.2, -0.15) is 0 Å². The maximum Gasteiger partial charge on any atom is 0.407 e. The van der Waals surface area contributed by atoms with Crippen molar-refractivity contribution in [3.05, 3.63) is 28.8 Å². The van der Waals surface area contributed by atoms with Crippen molar-refractivity contribution in [1.82, 2.24) is 5.32 Å². The van der Waals surface area contributed by atoms with Crippen molar-refractivity contribution < 1.29 is 14.3 Å². The molecule has 0 aliphatic heterocycles. The lowest BCUT2D eigenvalue weighted by Crippen LogP contribution is -2.41. The van der Waals surface area contributed by atoms with Gasteiger partial charge >= 0.3 is 6.09 Å². The van der Waals surface area contributed by atoms with E-state index in [1.165, 1.54) is 0 Å². The van der Waals surface area contributed by atoms with Crippen molar-refractivity contribution in [3.63, 3.8) is 0 Å². The summed E-state index contributed by atoms with van der Waals surface area (Å²) in [6.07, 6.45) is 0.134. The molecule has 0 radical (unpaired) electrons. The van der Waals surface area contributed by atoms with E-state index in [9.17, 15) is 4.79 Å². The van der Waals surface area contributed by atoms with Crippen molar-refractivity contribution in [2.24, 2.45) is 5.73 Å². The van der Waals surface area contributed by atoms with Crippen LogP contribution in [0.2, 0.25) is 5.02 Å². The highest BCUT2D eigenvalue weighted by Crippen LogP contribution is 2.25. The molecule has 21 heavy (non-hydrogen) atoms. The first-order valence-electron chi connectivity index (χ1n) is 6.76. The number of nitrogens with two attached hydrogens (primary N) is 1. The van der Waals surface area contributed by atoms with Gasteiger partial charge in [0, 0.05) is 12.6 Å². The van der Waals surface area contributed by atoms with Gasteiger partial charge in [0.15, 0.2) is 0 Å². The van der Waals surface area contributed by atoms with Crippen LogP contribution in [0.3, 0.4) is 0 Å². The van der Waals surface area contributed by atoms with E-state index >= 15 is 0 Å². The van der Waals surface area contributed by atoms with Crippen LogP contribution in [0.25, 0.3) is 0 Å². The minimum Gasteiger partial charge on any atom is -0.495 e. The van der Waals surface area contributed by atoms with E-state index in [2.05, 4.69) is 5.32 Å². The van der Waals surface area contributed by atoms with Crippen LogP contribution >= 0.6 is 11.6 Å². The zero-order valence-electron chi connectivity index (χ0n) is 12.9. The molecule has 3 N–H and O–H groups in total. The van der Waals surface area contributed by atoms with Gasteiger partial charge in [0.05, 0.1) is 12.1 Å². The fourth-order valence-corrected chi connectivity index (χ4v) is 1.93. The van der Waals surface area contributed by atoms with Gasteiger partial charge in [-0.05, 0) is 44.9 Å². The molecule has 1 aromatic carbocycles. The second kappa shape index (κ2) is 7.52. The van der Waals surface area contributed by atoms with Crippen molar-refractivity contribution in [2.75, 3.05) is 13.7 Å². The molecular weight excluding hydrogens is 292 g/mol. The monoisotopic (exact) mass is 314 g/mol. The molecule has 0 saturated heterocycles. The molecule has 118 valence electrons. The molecule has 1 aromatic rings. The number of nitrogens with one attached hydrogen (secondary N) is 1. The summed E-state index contributed by atoms with van der Waals surface area (Å²) in [6.45, 7) is 5.77. The molecule has 1 rings (SSSR count). The second-order valence-corrected chi connectivity index (χ2v) is 6.22. The molecule has 0 bridgehead atoms. The number of hydrogen-bond acceptors (Lipinski definition) is 4. The summed E-state index contributed by atoms with van der Waals surface area (Å²) < 4.78 is 10.3. The molecular formula is C15H23ClN2O3. The van der Waals surface area contributed by atoms with Crippen LogP contribution in [0.4, 0.5) is 4.79 Å². The van der Waals surface area contributed by atoms with Gasteiger partial charge in [-0.25, -0.2) is 4.79 Å². The highest BCUT2D eigenvalue weighted by molar-refractivity contribution is 6.32. The lowest BCUT2D eigenvalue weighted by Gasteiger charge is -2.21. The Bertz CT molecular complexity index is 486. The van der Waals surface area contributed by atoms with Crippen molar-refractivity contribution in [2.45, 2.75) is 38.8 Å². The summed E-state index contributed by atoms with van der Waals surface area (Å²) in [5.41, 5.74) is 6.48. The standard InChI is InChI=1S/C15H23ClN2O3/c1-15(2,3)21-14(19)18-9-11(17)7-10-5-6-12(16)13(8-10)20-4/h5-6,8,11H,7,9,17H2,1-4H3,(H,18,19). The maximum atomic E-state index is 11.5. The van der Waals surface area contributed by atoms with Crippen molar-refractivity contribution in [1.29, 1.82) is 0 Å². The normalized spacial score (nSPS) is 12.7. The van der Waals surface area contributed by atoms with Crippen LogP contribution in [0.15, 0.2) is 18.2 Å². The predicted molar refractivity (Wildman–Crippen MR) is 83.9 cm³/mol. The fraction of sp³-hybridized carbons (Fsp3) is 0.533. The maximum absolute atomic E-state index is 11.5. The number of carbonyl (C=O) groups is 1. The van der Waals surface area contributed by atoms with Gasteiger partial charge in [0.25, 0.3) is 0 Å². The number of carbonyl (C=O) groups excluding carboxylic acids is 1. The fourth-order valence-electron chi connectivity index (χ4n) is 1.73. The molecule has 1 atom stereocenters. The highest BCUT2D eigenvalue weighted by Gasteiger charge is 2.16. The van der Waals surface area contributed by atoms with Gasteiger partial charge in [-0.3, -0.25) is 0 Å². The number of hydrogen-bond donors (Lipinski definition) is 2. The van der Waals surface area contributed by atoms with Gasteiger partial charge in [-0.15, -0.1) is 0 Å². The van der Waals surface area contributed by atoms with Gasteiger partial charge in [0.2, 0.25) is 0 Å². The Kier molecular flexibility index (Phi) is 6.30. The Morgan fingerprint density at radius 1 is 1.43 bits per heavy atom. The van der Waals surface area contributed by atoms with Crippen LogP contribution in [-0.4, -0.2) is 31.4 Å². The lowest BCUT2D eigenvalue weighted by molar-refractivity contribution is 0.0524. The molecule has 5 nitrogen and oxygen atoms in total. The Morgan fingerprint density at radius 3 is 2.67 bits per heavy atom. The lowest BCUT2D eigenvalue weighted by atomic mass is 10.1. The second-order valence-electron chi connectivity index (χ2n) is 5.82. The summed E-state index contributed by atoms with van der Waals surface area (Å²) in [5.74, 6) is 0.612. The quantitative estimate of drug-likeness (QED) is 0.876. The Morgan fingerprint density at radius 2 is 2.10 bits per heavy atom. The van der Waals surface area contributed by atoms with Gasteiger partial charge in [-0.1, -0.05) is 17.7 Å². The molecule has 1 amide bonds. The van der Waals surface area contributed by atoms with E-state index in [0.717, 1.165) is 5.56 Å². The predicted octanol–water partition coefficient (Wildman–Crippen LogP) is 2.74. The first kappa shape index (κ1) is 17.6. The van der Waals surface area contributed by atoms with E-state index in [4.69, 9.17) is 26.8 Å². The number of rotatable bonds is 5. The van der Waals surface area contributed by atoms with E-state index in [-0.39, 0.29) is 6.04 Å². The van der Waals surface area contributed by atoms with Crippen molar-refractivity contribution in [3.8, 4) is 5.75 Å². The van der Waals surface area contributed by atoms with Gasteiger partial charge in [0.1, 0.15) is 11.4 Å². The van der Waals surface area contributed by atoms with Crippen LogP contribution in [-0.2, 0) is 11.2 Å². The van der Waals surface area contributed by atoms with E-state index in [1.54, 1.807) is 13.2 Å². The molecule has 0 heterocycles. The Hall–Kier alpha value is -1.46. The van der Waals surface area contributed by atoms with Crippen LogP contribution in [0.5, 0.6) is 5.75 Å². The van der Waals surface area contributed by atoms with Crippen LogP contribution < -0.4 is 15.8 Å².